The van der Waals surface area contributed by atoms with Crippen molar-refractivity contribution in [2.24, 2.45) is 0 Å². The Morgan fingerprint density at radius 1 is 1.00 bits per heavy atom. The van der Waals surface area contributed by atoms with Crippen LogP contribution in [0.4, 0.5) is 5.82 Å². The van der Waals surface area contributed by atoms with Gasteiger partial charge in [0.15, 0.2) is 11.5 Å². The molecule has 0 N–H and O–H groups in total. The number of hydrogen-bond acceptors (Lipinski definition) is 7. The van der Waals surface area contributed by atoms with Crippen molar-refractivity contribution in [3.05, 3.63) is 54.5 Å². The van der Waals surface area contributed by atoms with Gasteiger partial charge in [0, 0.05) is 44.7 Å². The van der Waals surface area contributed by atoms with E-state index in [1.54, 1.807) is 27.2 Å². The zero-order valence-electron chi connectivity index (χ0n) is 17.4. The minimum atomic E-state index is -3.64. The highest BCUT2D eigenvalue weighted by atomic mass is 32.2. The quantitative estimate of drug-likeness (QED) is 0.483. The van der Waals surface area contributed by atoms with Crippen LogP contribution in [0, 0.1) is 0 Å². The van der Waals surface area contributed by atoms with Gasteiger partial charge >= 0.3 is 0 Å². The van der Waals surface area contributed by atoms with E-state index in [-0.39, 0.29) is 10.8 Å². The summed E-state index contributed by atoms with van der Waals surface area (Å²) in [6.07, 6.45) is 2.94. The predicted molar refractivity (Wildman–Crippen MR) is 118 cm³/mol. The van der Waals surface area contributed by atoms with E-state index < -0.39 is 10.0 Å². The number of piperidine rings is 1. The van der Waals surface area contributed by atoms with Crippen LogP contribution in [0.1, 0.15) is 24.6 Å². The number of benzene rings is 1. The van der Waals surface area contributed by atoms with E-state index in [0.717, 1.165) is 17.0 Å². The van der Waals surface area contributed by atoms with E-state index in [9.17, 15) is 8.42 Å². The molecule has 5 rings (SSSR count). The molecule has 160 valence electrons. The van der Waals surface area contributed by atoms with Gasteiger partial charge in [-0.25, -0.2) is 8.42 Å². The van der Waals surface area contributed by atoms with Crippen molar-refractivity contribution in [1.82, 2.24) is 29.1 Å². The maximum absolute atomic E-state index is 13.4. The van der Waals surface area contributed by atoms with Crippen LogP contribution in [0.2, 0.25) is 0 Å². The summed E-state index contributed by atoms with van der Waals surface area (Å²) in [5.41, 5.74) is 1.20. The number of hydrogen-bond donors (Lipinski definition) is 0. The first-order valence-corrected chi connectivity index (χ1v) is 11.6. The van der Waals surface area contributed by atoms with Gasteiger partial charge in [-0.2, -0.15) is 8.82 Å². The molecule has 0 unspecified atom stereocenters. The first kappa shape index (κ1) is 19.8. The van der Waals surface area contributed by atoms with Crippen LogP contribution in [0.5, 0.6) is 0 Å². The van der Waals surface area contributed by atoms with Crippen molar-refractivity contribution < 1.29 is 8.42 Å². The third-order valence-electron chi connectivity index (χ3n) is 5.76. The van der Waals surface area contributed by atoms with Gasteiger partial charge in [0.2, 0.25) is 10.0 Å². The Morgan fingerprint density at radius 3 is 2.55 bits per heavy atom. The molecular formula is C21H23N7O2S. The van der Waals surface area contributed by atoms with Crippen LogP contribution in [0.15, 0.2) is 53.6 Å². The Morgan fingerprint density at radius 2 is 1.77 bits per heavy atom. The molecule has 0 amide bonds. The summed E-state index contributed by atoms with van der Waals surface area (Å²) in [6, 6.07) is 12.8. The Labute approximate surface area is 180 Å². The van der Waals surface area contributed by atoms with Crippen LogP contribution < -0.4 is 4.90 Å². The molecule has 1 aromatic carbocycles. The number of fused-ring (bicyclic) bond motifs is 2. The highest BCUT2D eigenvalue weighted by molar-refractivity contribution is 7.89. The molecule has 0 aliphatic carbocycles. The normalized spacial score (nSPS) is 16.2. The number of rotatable bonds is 4. The smallest absolute Gasteiger partial charge is 0.245 e. The Bertz CT molecular complexity index is 1350. The van der Waals surface area contributed by atoms with Crippen molar-refractivity contribution >= 4 is 32.4 Å². The second kappa shape index (κ2) is 7.54. The first-order chi connectivity index (χ1) is 14.9. The molecule has 1 fully saturated rings. The standard InChI is InChI=1S/C21H23N7O2S/c1-26(2)19-9-8-18-23-24-21(28(18)25-19)16-10-13-27(14-11-16)31(29,30)17-7-3-5-15-6-4-12-22-20(15)17/h3-9,12,16H,10-11,13-14H2,1-2H3. The molecule has 0 saturated carbocycles. The van der Waals surface area contributed by atoms with Gasteiger partial charge in [0.1, 0.15) is 10.7 Å². The SMILES string of the molecule is CN(C)c1ccc2nnc(C3CCN(S(=O)(=O)c4cccc5cccnc45)CC3)n2n1. The summed E-state index contributed by atoms with van der Waals surface area (Å²) in [5.74, 6) is 1.69. The monoisotopic (exact) mass is 437 g/mol. The van der Waals surface area contributed by atoms with Gasteiger partial charge in [0.25, 0.3) is 0 Å². The van der Waals surface area contributed by atoms with Gasteiger partial charge in [-0.15, -0.1) is 15.3 Å². The summed E-state index contributed by atoms with van der Waals surface area (Å²) in [6.45, 7) is 0.830. The summed E-state index contributed by atoms with van der Waals surface area (Å²) in [7, 11) is 0.233. The molecule has 4 heterocycles. The fourth-order valence-corrected chi connectivity index (χ4v) is 5.70. The van der Waals surface area contributed by atoms with Crippen molar-refractivity contribution in [3.63, 3.8) is 0 Å². The molecule has 4 aromatic rings. The predicted octanol–water partition coefficient (Wildman–Crippen LogP) is 2.31. The Hall–Kier alpha value is -3.11. The molecule has 0 radical (unpaired) electrons. The topological polar surface area (TPSA) is 96.6 Å². The van der Waals surface area contributed by atoms with Crippen molar-refractivity contribution in [3.8, 4) is 0 Å². The van der Waals surface area contributed by atoms with Crippen molar-refractivity contribution in [1.29, 1.82) is 0 Å². The molecule has 1 saturated heterocycles. The second-order valence-electron chi connectivity index (χ2n) is 7.92. The number of para-hydroxylation sites is 1. The third kappa shape index (κ3) is 3.41. The fraction of sp³-hybridized carbons (Fsp3) is 0.333. The molecule has 0 atom stereocenters. The molecule has 1 aliphatic heterocycles. The van der Waals surface area contributed by atoms with Crippen LogP contribution in [0.25, 0.3) is 16.6 Å². The van der Waals surface area contributed by atoms with Gasteiger partial charge < -0.3 is 4.90 Å². The zero-order valence-corrected chi connectivity index (χ0v) is 18.2. The Balaban J connectivity index is 1.40. The van der Waals surface area contributed by atoms with Gasteiger partial charge in [-0.1, -0.05) is 18.2 Å². The lowest BCUT2D eigenvalue weighted by Gasteiger charge is -2.30. The second-order valence-corrected chi connectivity index (χ2v) is 9.83. The maximum Gasteiger partial charge on any atom is 0.245 e. The van der Waals surface area contributed by atoms with E-state index in [1.165, 1.54) is 0 Å². The largest absolute Gasteiger partial charge is 0.361 e. The van der Waals surface area contributed by atoms with E-state index in [1.807, 2.05) is 49.3 Å². The number of anilines is 1. The van der Waals surface area contributed by atoms with E-state index in [2.05, 4.69) is 20.3 Å². The van der Waals surface area contributed by atoms with E-state index in [4.69, 9.17) is 0 Å². The molecule has 10 heteroatoms. The summed E-state index contributed by atoms with van der Waals surface area (Å²) in [5, 5.41) is 14.0. The van der Waals surface area contributed by atoms with Crippen LogP contribution in [0.3, 0.4) is 0 Å². The van der Waals surface area contributed by atoms with Gasteiger partial charge in [-0.3, -0.25) is 4.98 Å². The average Bonchev–Trinajstić information content (AvgIpc) is 3.22. The highest BCUT2D eigenvalue weighted by Gasteiger charge is 2.33. The lowest BCUT2D eigenvalue weighted by Crippen LogP contribution is -2.38. The number of nitrogens with zero attached hydrogens (tertiary/aromatic N) is 7. The Kier molecular flexibility index (Phi) is 4.82. The van der Waals surface area contributed by atoms with Crippen molar-refractivity contribution in [2.75, 3.05) is 32.1 Å². The minimum Gasteiger partial charge on any atom is -0.361 e. The minimum absolute atomic E-state index is 0.0944. The molecule has 0 spiro atoms. The number of pyridine rings is 1. The first-order valence-electron chi connectivity index (χ1n) is 10.2. The average molecular weight is 438 g/mol. The fourth-order valence-electron chi connectivity index (χ4n) is 4.07. The summed E-state index contributed by atoms with van der Waals surface area (Å²) < 4.78 is 30.0. The van der Waals surface area contributed by atoms with Crippen molar-refractivity contribution in [2.45, 2.75) is 23.7 Å². The lowest BCUT2D eigenvalue weighted by atomic mass is 9.97. The molecule has 0 bridgehead atoms. The van der Waals surface area contributed by atoms with E-state index in [0.29, 0.717) is 37.1 Å². The van der Waals surface area contributed by atoms with Gasteiger partial charge in [0.05, 0.1) is 5.52 Å². The molecule has 1 aliphatic rings. The third-order valence-corrected chi connectivity index (χ3v) is 7.69. The van der Waals surface area contributed by atoms with Crippen LogP contribution in [-0.4, -0.2) is 64.7 Å². The molecule has 3 aromatic heterocycles. The molecule has 9 nitrogen and oxygen atoms in total. The summed E-state index contributed by atoms with van der Waals surface area (Å²) >= 11 is 0. The lowest BCUT2D eigenvalue weighted by molar-refractivity contribution is 0.311. The summed E-state index contributed by atoms with van der Waals surface area (Å²) in [4.78, 5) is 6.50. The molecular weight excluding hydrogens is 414 g/mol. The highest BCUT2D eigenvalue weighted by Crippen LogP contribution is 2.31. The zero-order chi connectivity index (χ0) is 21.6. The van der Waals surface area contributed by atoms with Crippen LogP contribution >= 0.6 is 0 Å². The van der Waals surface area contributed by atoms with Crippen LogP contribution in [-0.2, 0) is 10.0 Å². The number of sulfonamides is 1. The maximum atomic E-state index is 13.4. The molecule has 31 heavy (non-hydrogen) atoms. The van der Waals surface area contributed by atoms with Gasteiger partial charge in [-0.05, 0) is 37.1 Å². The number of aromatic nitrogens is 5. The van der Waals surface area contributed by atoms with E-state index >= 15 is 0 Å².